The number of sulfonamides is 1. The number of nitrogens with zero attached hydrogens (tertiary/aromatic N) is 2. The Balaban J connectivity index is 1.70. The fraction of sp³-hybridized carbons (Fsp3) is 0.417. The molecular formula is C24H30FN3O5S. The molecule has 8 nitrogen and oxygen atoms in total. The zero-order chi connectivity index (χ0) is 24.9. The van der Waals surface area contributed by atoms with Gasteiger partial charge in [0.25, 0.3) is 0 Å². The number of amides is 2. The van der Waals surface area contributed by atoms with Crippen molar-refractivity contribution in [3.63, 3.8) is 0 Å². The van der Waals surface area contributed by atoms with E-state index in [0.29, 0.717) is 31.8 Å². The van der Waals surface area contributed by atoms with Crippen molar-refractivity contribution in [2.45, 2.75) is 31.6 Å². The fourth-order valence-corrected chi connectivity index (χ4v) is 5.46. The molecule has 1 aliphatic heterocycles. The Morgan fingerprint density at radius 2 is 1.85 bits per heavy atom. The molecule has 1 saturated heterocycles. The number of halogens is 1. The Bertz CT molecular complexity index is 1130. The molecule has 0 bridgehead atoms. The molecule has 3 rings (SSSR count). The van der Waals surface area contributed by atoms with Gasteiger partial charge in [-0.2, -0.15) is 4.31 Å². The molecule has 2 amide bonds. The van der Waals surface area contributed by atoms with Gasteiger partial charge in [0.15, 0.2) is 0 Å². The number of hydrogen-bond acceptors (Lipinski definition) is 5. The Kier molecular flexibility index (Phi) is 8.27. The van der Waals surface area contributed by atoms with E-state index in [2.05, 4.69) is 5.32 Å². The molecule has 1 heterocycles. The topological polar surface area (TPSA) is 96.0 Å². The highest BCUT2D eigenvalue weighted by Crippen LogP contribution is 2.30. The van der Waals surface area contributed by atoms with Crippen LogP contribution in [0.1, 0.15) is 25.8 Å². The average molecular weight is 492 g/mol. The van der Waals surface area contributed by atoms with E-state index in [-0.39, 0.29) is 41.2 Å². The molecule has 0 spiro atoms. The number of ether oxygens (including phenoxy) is 1. The Morgan fingerprint density at radius 1 is 1.18 bits per heavy atom. The third-order valence-electron chi connectivity index (χ3n) is 5.94. The maximum atomic E-state index is 13.1. The zero-order valence-corrected chi connectivity index (χ0v) is 20.4. The van der Waals surface area contributed by atoms with Crippen LogP contribution in [0.4, 0.5) is 10.1 Å². The second-order valence-electron chi connectivity index (χ2n) is 8.06. The molecular weight excluding hydrogens is 461 g/mol. The molecule has 0 aromatic heterocycles. The quantitative estimate of drug-likeness (QED) is 0.551. The van der Waals surface area contributed by atoms with Crippen molar-refractivity contribution in [3.05, 3.63) is 53.8 Å². The van der Waals surface area contributed by atoms with Crippen LogP contribution in [-0.4, -0.2) is 62.7 Å². The number of likely N-dealkylation sites (tertiary alicyclic amines) is 1. The molecule has 0 aliphatic carbocycles. The second-order valence-corrected chi connectivity index (χ2v) is 10.00. The lowest BCUT2D eigenvalue weighted by molar-refractivity contribution is -0.128. The molecule has 1 unspecified atom stereocenters. The number of hydrogen-bond donors (Lipinski definition) is 1. The molecule has 184 valence electrons. The first-order valence-electron chi connectivity index (χ1n) is 11.2. The van der Waals surface area contributed by atoms with Gasteiger partial charge < -0.3 is 15.0 Å². The summed E-state index contributed by atoms with van der Waals surface area (Å²) in [5, 5.41) is 2.74. The van der Waals surface area contributed by atoms with Crippen molar-refractivity contribution < 1.29 is 27.1 Å². The number of carbonyl (C=O) groups excluding carboxylic acids is 2. The molecule has 1 fully saturated rings. The molecule has 2 aromatic carbocycles. The predicted molar refractivity (Wildman–Crippen MR) is 127 cm³/mol. The van der Waals surface area contributed by atoms with Crippen LogP contribution in [-0.2, 0) is 26.0 Å². The number of rotatable bonds is 10. The van der Waals surface area contributed by atoms with Crippen LogP contribution in [0.25, 0.3) is 0 Å². The van der Waals surface area contributed by atoms with E-state index in [1.807, 2.05) is 0 Å². The lowest BCUT2D eigenvalue weighted by Crippen LogP contribution is -2.31. The Labute approximate surface area is 199 Å². The van der Waals surface area contributed by atoms with Crippen molar-refractivity contribution in [2.24, 2.45) is 5.92 Å². The first kappa shape index (κ1) is 25.6. The van der Waals surface area contributed by atoms with Gasteiger partial charge in [-0.05, 0) is 42.3 Å². The number of nitrogens with one attached hydrogen (secondary N) is 1. The molecule has 0 saturated carbocycles. The van der Waals surface area contributed by atoms with E-state index in [1.165, 1.54) is 41.7 Å². The Hall–Kier alpha value is -2.98. The highest BCUT2D eigenvalue weighted by atomic mass is 32.2. The largest absolute Gasteiger partial charge is 0.495 e. The van der Waals surface area contributed by atoms with Crippen molar-refractivity contribution in [2.75, 3.05) is 38.6 Å². The van der Waals surface area contributed by atoms with E-state index in [1.54, 1.807) is 30.9 Å². The summed E-state index contributed by atoms with van der Waals surface area (Å²) in [4.78, 5) is 27.1. The van der Waals surface area contributed by atoms with Crippen LogP contribution >= 0.6 is 0 Å². The number of benzene rings is 2. The van der Waals surface area contributed by atoms with Crippen LogP contribution in [0.3, 0.4) is 0 Å². The summed E-state index contributed by atoms with van der Waals surface area (Å²) in [7, 11) is -2.29. The Morgan fingerprint density at radius 3 is 2.47 bits per heavy atom. The molecule has 1 N–H and O–H groups in total. The molecule has 1 aliphatic rings. The van der Waals surface area contributed by atoms with Gasteiger partial charge in [0, 0.05) is 32.6 Å². The van der Waals surface area contributed by atoms with E-state index in [0.717, 1.165) is 5.56 Å². The first-order chi connectivity index (χ1) is 16.2. The SMILES string of the molecule is CCN(CC)S(=O)(=O)c1ccc(OC)c(NC(=O)C2CC(=O)N(CCc3ccc(F)cc3)C2)c1. The number of carbonyl (C=O) groups is 2. The summed E-state index contributed by atoms with van der Waals surface area (Å²) in [5.41, 5.74) is 1.14. The van der Waals surface area contributed by atoms with Gasteiger partial charge in [-0.25, -0.2) is 12.8 Å². The third kappa shape index (κ3) is 5.74. The zero-order valence-electron chi connectivity index (χ0n) is 19.6. The number of methoxy groups -OCH3 is 1. The summed E-state index contributed by atoms with van der Waals surface area (Å²) in [5.74, 6) is -1.08. The van der Waals surface area contributed by atoms with Gasteiger partial charge in [0.2, 0.25) is 21.8 Å². The van der Waals surface area contributed by atoms with Crippen LogP contribution in [0.2, 0.25) is 0 Å². The van der Waals surface area contributed by atoms with Crippen LogP contribution < -0.4 is 10.1 Å². The highest BCUT2D eigenvalue weighted by molar-refractivity contribution is 7.89. The molecule has 1 atom stereocenters. The van der Waals surface area contributed by atoms with Crippen LogP contribution in [0, 0.1) is 11.7 Å². The normalized spacial score (nSPS) is 16.2. The second kappa shape index (κ2) is 11.0. The van der Waals surface area contributed by atoms with Gasteiger partial charge in [-0.15, -0.1) is 0 Å². The lowest BCUT2D eigenvalue weighted by Gasteiger charge is -2.20. The van der Waals surface area contributed by atoms with Gasteiger partial charge in [-0.3, -0.25) is 9.59 Å². The van der Waals surface area contributed by atoms with E-state index in [4.69, 9.17) is 4.74 Å². The van der Waals surface area contributed by atoms with Crippen molar-refractivity contribution >= 4 is 27.5 Å². The minimum atomic E-state index is -3.72. The summed E-state index contributed by atoms with van der Waals surface area (Å²) in [6.07, 6.45) is 0.619. The van der Waals surface area contributed by atoms with Crippen LogP contribution in [0.5, 0.6) is 5.75 Å². The molecule has 10 heteroatoms. The maximum absolute atomic E-state index is 13.1. The molecule has 2 aromatic rings. The summed E-state index contributed by atoms with van der Waals surface area (Å²) in [6.45, 7) is 4.84. The minimum Gasteiger partial charge on any atom is -0.495 e. The minimum absolute atomic E-state index is 0.0516. The van der Waals surface area contributed by atoms with Gasteiger partial charge >= 0.3 is 0 Å². The standard InChI is InChI=1S/C24H30FN3O5S/c1-4-28(5-2)34(31,32)20-10-11-22(33-3)21(15-20)26-24(30)18-14-23(29)27(16-18)13-12-17-6-8-19(25)9-7-17/h6-11,15,18H,4-5,12-14,16H2,1-3H3,(H,26,30). The van der Waals surface area contributed by atoms with Crippen molar-refractivity contribution in [1.29, 1.82) is 0 Å². The van der Waals surface area contributed by atoms with Gasteiger partial charge in [-0.1, -0.05) is 26.0 Å². The highest BCUT2D eigenvalue weighted by Gasteiger charge is 2.34. The third-order valence-corrected chi connectivity index (χ3v) is 7.99. The number of anilines is 1. The monoisotopic (exact) mass is 491 g/mol. The molecule has 34 heavy (non-hydrogen) atoms. The smallest absolute Gasteiger partial charge is 0.243 e. The van der Waals surface area contributed by atoms with E-state index < -0.39 is 15.9 Å². The summed E-state index contributed by atoms with van der Waals surface area (Å²) < 4.78 is 45.5. The average Bonchev–Trinajstić information content (AvgIpc) is 3.20. The summed E-state index contributed by atoms with van der Waals surface area (Å²) in [6, 6.07) is 10.4. The van der Waals surface area contributed by atoms with Crippen molar-refractivity contribution in [1.82, 2.24) is 9.21 Å². The fourth-order valence-electron chi connectivity index (χ4n) is 3.97. The maximum Gasteiger partial charge on any atom is 0.243 e. The molecule has 0 radical (unpaired) electrons. The van der Waals surface area contributed by atoms with Crippen LogP contribution in [0.15, 0.2) is 47.4 Å². The van der Waals surface area contributed by atoms with Gasteiger partial charge in [0.05, 0.1) is 23.6 Å². The van der Waals surface area contributed by atoms with E-state index in [9.17, 15) is 22.4 Å². The van der Waals surface area contributed by atoms with E-state index >= 15 is 0 Å². The van der Waals surface area contributed by atoms with Gasteiger partial charge in [0.1, 0.15) is 11.6 Å². The summed E-state index contributed by atoms with van der Waals surface area (Å²) >= 11 is 0. The van der Waals surface area contributed by atoms with Crippen molar-refractivity contribution in [3.8, 4) is 5.75 Å². The predicted octanol–water partition coefficient (Wildman–Crippen LogP) is 2.89. The first-order valence-corrected chi connectivity index (χ1v) is 12.6. The lowest BCUT2D eigenvalue weighted by atomic mass is 10.1.